The molecule has 1 fully saturated rings. The van der Waals surface area contributed by atoms with Crippen LogP contribution in [0.4, 0.5) is 0 Å². The lowest BCUT2D eigenvalue weighted by molar-refractivity contribution is 0.0167. The van der Waals surface area contributed by atoms with Gasteiger partial charge in [0.25, 0.3) is 0 Å². The third-order valence-electron chi connectivity index (χ3n) is 4.87. The van der Waals surface area contributed by atoms with Gasteiger partial charge in [-0.2, -0.15) is 5.10 Å². The van der Waals surface area contributed by atoms with E-state index < -0.39 is 12.2 Å². The number of β-amino-alcohol motifs (C(OH)–C–C–N with tert-alkyl or cyclic N) is 2. The molecule has 2 heterocycles. The lowest BCUT2D eigenvalue weighted by Crippen LogP contribution is -2.54. The van der Waals surface area contributed by atoms with Crippen LogP contribution in [0, 0.1) is 0 Å². The van der Waals surface area contributed by atoms with Crippen LogP contribution in [-0.4, -0.2) is 74.7 Å². The minimum Gasteiger partial charge on any atom is -0.390 e. The molecule has 3 rings (SSSR count). The third-order valence-corrected chi connectivity index (χ3v) is 4.87. The number of nitrogens with zero attached hydrogens (tertiary/aromatic N) is 4. The summed E-state index contributed by atoms with van der Waals surface area (Å²) in [6, 6.07) is 12.0. The molecule has 1 aromatic carbocycles. The van der Waals surface area contributed by atoms with Crippen molar-refractivity contribution in [2.24, 2.45) is 0 Å². The third kappa shape index (κ3) is 5.12. The Balaban J connectivity index is 1.45. The summed E-state index contributed by atoms with van der Waals surface area (Å²) in [7, 11) is 0. The summed E-state index contributed by atoms with van der Waals surface area (Å²) >= 11 is 0. The molecule has 2 N–H and O–H groups in total. The average molecular weight is 344 g/mol. The summed E-state index contributed by atoms with van der Waals surface area (Å²) in [5.74, 6) is 0. The highest BCUT2D eigenvalue weighted by atomic mass is 16.3. The highest BCUT2D eigenvalue weighted by molar-refractivity contribution is 5.17. The van der Waals surface area contributed by atoms with Crippen molar-refractivity contribution in [3.8, 4) is 0 Å². The number of hydrogen-bond acceptors (Lipinski definition) is 5. The number of aromatic nitrogens is 2. The van der Waals surface area contributed by atoms with Gasteiger partial charge in [-0.25, -0.2) is 0 Å². The van der Waals surface area contributed by atoms with Crippen molar-refractivity contribution in [3.05, 3.63) is 54.4 Å². The van der Waals surface area contributed by atoms with Crippen molar-refractivity contribution < 1.29 is 10.2 Å². The Morgan fingerprint density at radius 2 is 1.88 bits per heavy atom. The predicted octanol–water partition coefficient (Wildman–Crippen LogP) is 0.984. The average Bonchev–Trinajstić information content (AvgIpc) is 3.11. The normalized spacial score (nSPS) is 22.0. The summed E-state index contributed by atoms with van der Waals surface area (Å²) in [6.45, 7) is 6.71. The minimum atomic E-state index is -0.458. The zero-order chi connectivity index (χ0) is 17.6. The van der Waals surface area contributed by atoms with Crippen LogP contribution in [0.25, 0.3) is 0 Å². The first-order valence-electron chi connectivity index (χ1n) is 8.96. The number of aliphatic hydroxyl groups excluding tert-OH is 2. The van der Waals surface area contributed by atoms with Gasteiger partial charge in [-0.15, -0.1) is 0 Å². The van der Waals surface area contributed by atoms with Gasteiger partial charge in [0.05, 0.1) is 18.8 Å². The summed E-state index contributed by atoms with van der Waals surface area (Å²) < 4.78 is 1.76. The minimum absolute atomic E-state index is 0.351. The van der Waals surface area contributed by atoms with E-state index in [2.05, 4.69) is 21.8 Å². The van der Waals surface area contributed by atoms with E-state index in [0.717, 1.165) is 25.2 Å². The molecule has 0 spiro atoms. The van der Waals surface area contributed by atoms with E-state index >= 15 is 0 Å². The SMILES string of the molecule is C[C@@H]1CN(C[C@H](O)Cn2cccn2)CCN1C[C@@H](O)c1ccccc1. The lowest BCUT2D eigenvalue weighted by Gasteiger charge is -2.41. The van der Waals surface area contributed by atoms with Crippen molar-refractivity contribution in [3.63, 3.8) is 0 Å². The molecular formula is C19H28N4O2. The van der Waals surface area contributed by atoms with Gasteiger partial charge in [0.1, 0.15) is 0 Å². The van der Waals surface area contributed by atoms with E-state index in [9.17, 15) is 10.2 Å². The Labute approximate surface area is 149 Å². The Kier molecular flexibility index (Phi) is 6.20. The molecule has 1 aromatic heterocycles. The van der Waals surface area contributed by atoms with Gasteiger partial charge in [0.15, 0.2) is 0 Å². The molecule has 0 bridgehead atoms. The fraction of sp³-hybridized carbons (Fsp3) is 0.526. The molecule has 2 aromatic rings. The van der Waals surface area contributed by atoms with Gasteiger partial charge < -0.3 is 10.2 Å². The van der Waals surface area contributed by atoms with Crippen molar-refractivity contribution in [2.75, 3.05) is 32.7 Å². The van der Waals surface area contributed by atoms with Gasteiger partial charge >= 0.3 is 0 Å². The lowest BCUT2D eigenvalue weighted by atomic mass is 10.1. The topological polar surface area (TPSA) is 64.8 Å². The maximum Gasteiger partial charge on any atom is 0.0917 e. The van der Waals surface area contributed by atoms with Gasteiger partial charge in [-0.05, 0) is 18.6 Å². The van der Waals surface area contributed by atoms with E-state index in [4.69, 9.17) is 0 Å². The highest BCUT2D eigenvalue weighted by Crippen LogP contribution is 2.18. The maximum absolute atomic E-state index is 10.4. The Bertz CT molecular complexity index is 620. The number of rotatable bonds is 7. The van der Waals surface area contributed by atoms with Crippen LogP contribution in [-0.2, 0) is 6.54 Å². The number of aliphatic hydroxyl groups is 2. The molecule has 6 nitrogen and oxygen atoms in total. The number of benzene rings is 1. The van der Waals surface area contributed by atoms with E-state index in [-0.39, 0.29) is 0 Å². The zero-order valence-corrected chi connectivity index (χ0v) is 14.8. The molecule has 0 aliphatic carbocycles. The van der Waals surface area contributed by atoms with Gasteiger partial charge in [0.2, 0.25) is 0 Å². The largest absolute Gasteiger partial charge is 0.390 e. The molecule has 1 aliphatic rings. The number of hydrogen-bond donors (Lipinski definition) is 2. The molecule has 6 heteroatoms. The van der Waals surface area contributed by atoms with Gasteiger partial charge in [-0.1, -0.05) is 30.3 Å². The molecule has 25 heavy (non-hydrogen) atoms. The van der Waals surface area contributed by atoms with Crippen LogP contribution in [0.2, 0.25) is 0 Å². The van der Waals surface area contributed by atoms with E-state index in [0.29, 0.717) is 25.7 Å². The fourth-order valence-corrected chi connectivity index (χ4v) is 3.49. The van der Waals surface area contributed by atoms with Crippen molar-refractivity contribution >= 4 is 0 Å². The molecule has 0 saturated carbocycles. The standard InChI is InChI=1S/C19H28N4O2/c1-16-12-21(13-18(24)14-23-9-5-8-20-23)10-11-22(16)15-19(25)17-6-3-2-4-7-17/h2-9,16,18-19,24-25H,10-15H2,1H3/t16-,18+,19-/m1/s1. The Morgan fingerprint density at radius 1 is 1.08 bits per heavy atom. The van der Waals surface area contributed by atoms with Crippen LogP contribution >= 0.6 is 0 Å². The van der Waals surface area contributed by atoms with Crippen molar-refractivity contribution in [1.29, 1.82) is 0 Å². The molecule has 0 radical (unpaired) electrons. The predicted molar refractivity (Wildman–Crippen MR) is 97.1 cm³/mol. The van der Waals surface area contributed by atoms with Crippen LogP contribution < -0.4 is 0 Å². The molecule has 136 valence electrons. The Morgan fingerprint density at radius 3 is 2.56 bits per heavy atom. The van der Waals surface area contributed by atoms with Crippen LogP contribution in [0.5, 0.6) is 0 Å². The smallest absolute Gasteiger partial charge is 0.0917 e. The van der Waals surface area contributed by atoms with Crippen LogP contribution in [0.15, 0.2) is 48.8 Å². The molecule has 0 amide bonds. The molecule has 3 atom stereocenters. The van der Waals surface area contributed by atoms with Crippen molar-refractivity contribution in [1.82, 2.24) is 19.6 Å². The van der Waals surface area contributed by atoms with Crippen LogP contribution in [0.3, 0.4) is 0 Å². The fourth-order valence-electron chi connectivity index (χ4n) is 3.49. The highest BCUT2D eigenvalue weighted by Gasteiger charge is 2.26. The summed E-state index contributed by atoms with van der Waals surface area (Å²) in [5, 5.41) is 24.8. The summed E-state index contributed by atoms with van der Waals surface area (Å²) in [6.07, 6.45) is 2.72. The summed E-state index contributed by atoms with van der Waals surface area (Å²) in [5.41, 5.74) is 0.965. The molecule has 1 aliphatic heterocycles. The second-order valence-electron chi connectivity index (χ2n) is 6.91. The maximum atomic E-state index is 10.4. The van der Waals surface area contributed by atoms with Gasteiger partial charge in [-0.3, -0.25) is 14.5 Å². The van der Waals surface area contributed by atoms with E-state index in [1.165, 1.54) is 0 Å². The first-order valence-corrected chi connectivity index (χ1v) is 8.96. The van der Waals surface area contributed by atoms with E-state index in [1.807, 2.05) is 42.6 Å². The molecular weight excluding hydrogens is 316 g/mol. The van der Waals surface area contributed by atoms with Crippen molar-refractivity contribution in [2.45, 2.75) is 31.7 Å². The first kappa shape index (κ1) is 18.1. The van der Waals surface area contributed by atoms with E-state index in [1.54, 1.807) is 10.9 Å². The zero-order valence-electron chi connectivity index (χ0n) is 14.8. The molecule has 1 saturated heterocycles. The van der Waals surface area contributed by atoms with Crippen LogP contribution in [0.1, 0.15) is 18.6 Å². The summed E-state index contributed by atoms with van der Waals surface area (Å²) in [4.78, 5) is 4.62. The Hall–Kier alpha value is -1.73. The number of piperazine rings is 1. The monoisotopic (exact) mass is 344 g/mol. The molecule has 0 unspecified atom stereocenters. The second-order valence-corrected chi connectivity index (χ2v) is 6.91. The quantitative estimate of drug-likeness (QED) is 0.784. The second kappa shape index (κ2) is 8.58. The van der Waals surface area contributed by atoms with Gasteiger partial charge in [0, 0.05) is 51.2 Å². The first-order chi connectivity index (χ1) is 12.1.